The van der Waals surface area contributed by atoms with E-state index in [4.69, 9.17) is 4.74 Å². The Kier molecular flexibility index (Phi) is 9.23. The third-order valence-corrected chi connectivity index (χ3v) is 8.66. The van der Waals surface area contributed by atoms with Gasteiger partial charge in [0, 0.05) is 31.2 Å². The number of pyridine rings is 1. The highest BCUT2D eigenvalue weighted by molar-refractivity contribution is 7.89. The molecule has 0 spiro atoms. The van der Waals surface area contributed by atoms with Gasteiger partial charge in [0.05, 0.1) is 4.90 Å². The maximum Gasteiger partial charge on any atom is 0.412 e. The van der Waals surface area contributed by atoms with Crippen molar-refractivity contribution in [3.63, 3.8) is 0 Å². The molecule has 0 bridgehead atoms. The lowest BCUT2D eigenvalue weighted by Crippen LogP contribution is -2.30. The van der Waals surface area contributed by atoms with Crippen LogP contribution in [0.2, 0.25) is 0 Å². The molecule has 44 heavy (non-hydrogen) atoms. The maximum atomic E-state index is 13.9. The number of rotatable bonds is 9. The van der Waals surface area contributed by atoms with Crippen molar-refractivity contribution in [1.29, 1.82) is 0 Å². The summed E-state index contributed by atoms with van der Waals surface area (Å²) in [5.41, 5.74) is 5.61. The molecule has 0 saturated carbocycles. The molecule has 8 heteroatoms. The zero-order chi connectivity index (χ0) is 31.2. The normalized spacial score (nSPS) is 11.7. The van der Waals surface area contributed by atoms with Gasteiger partial charge in [-0.25, -0.2) is 13.2 Å². The SMILES string of the molecule is CC(C)(C)OC(=O)Nc1ccc(-c2ccc(CN(Cc3cccnc3)S(=O)(=O)c3ccc(-c4ccccc4)cc3)cc2)cc1. The number of amides is 1. The molecule has 1 heterocycles. The Bertz CT molecular complexity index is 1790. The molecule has 0 radical (unpaired) electrons. The van der Waals surface area contributed by atoms with Crippen LogP contribution in [0.15, 0.2) is 133 Å². The molecule has 0 saturated heterocycles. The first-order valence-electron chi connectivity index (χ1n) is 14.3. The number of carbonyl (C=O) groups excluding carboxylic acids is 1. The molecule has 5 aromatic rings. The van der Waals surface area contributed by atoms with Crippen LogP contribution in [0.1, 0.15) is 31.9 Å². The van der Waals surface area contributed by atoms with E-state index in [0.717, 1.165) is 33.4 Å². The van der Waals surface area contributed by atoms with Crippen molar-refractivity contribution in [2.75, 3.05) is 5.32 Å². The van der Waals surface area contributed by atoms with Crippen LogP contribution in [0.4, 0.5) is 10.5 Å². The average Bonchev–Trinajstić information content (AvgIpc) is 3.01. The molecule has 1 aromatic heterocycles. The zero-order valence-corrected chi connectivity index (χ0v) is 25.8. The van der Waals surface area contributed by atoms with E-state index in [1.54, 1.807) is 30.6 Å². The molecule has 0 fully saturated rings. The number of nitrogens with zero attached hydrogens (tertiary/aromatic N) is 2. The minimum Gasteiger partial charge on any atom is -0.444 e. The van der Waals surface area contributed by atoms with Gasteiger partial charge in [-0.05, 0) is 84.5 Å². The van der Waals surface area contributed by atoms with Crippen molar-refractivity contribution in [3.05, 3.63) is 139 Å². The zero-order valence-electron chi connectivity index (χ0n) is 25.0. The standard InChI is InChI=1S/C36H35N3O4S/c1-36(2,3)43-35(40)38-33-19-15-31(16-20-33)30-13-11-27(12-14-30)25-39(26-28-8-7-23-37-24-28)44(41,42)34-21-17-32(18-22-34)29-9-5-4-6-10-29/h4-24H,25-26H2,1-3H3,(H,38,40). The lowest BCUT2D eigenvalue weighted by atomic mass is 10.0. The Hall–Kier alpha value is -4.79. The van der Waals surface area contributed by atoms with Crippen molar-refractivity contribution in [3.8, 4) is 22.3 Å². The minimum absolute atomic E-state index is 0.185. The number of sulfonamides is 1. The van der Waals surface area contributed by atoms with E-state index in [0.29, 0.717) is 5.69 Å². The van der Waals surface area contributed by atoms with E-state index in [1.165, 1.54) is 4.31 Å². The lowest BCUT2D eigenvalue weighted by Gasteiger charge is -2.23. The Morgan fingerprint density at radius 1 is 0.705 bits per heavy atom. The Morgan fingerprint density at radius 3 is 1.82 bits per heavy atom. The summed E-state index contributed by atoms with van der Waals surface area (Å²) in [6.07, 6.45) is 2.85. The summed E-state index contributed by atoms with van der Waals surface area (Å²) in [4.78, 5) is 16.5. The van der Waals surface area contributed by atoms with Crippen LogP contribution < -0.4 is 5.32 Å². The van der Waals surface area contributed by atoms with Gasteiger partial charge in [0.2, 0.25) is 10.0 Å². The van der Waals surface area contributed by atoms with E-state index in [9.17, 15) is 13.2 Å². The molecule has 0 aliphatic rings. The van der Waals surface area contributed by atoms with Crippen LogP contribution >= 0.6 is 0 Å². The second kappa shape index (κ2) is 13.2. The predicted molar refractivity (Wildman–Crippen MR) is 174 cm³/mol. The highest BCUT2D eigenvalue weighted by Gasteiger charge is 2.25. The topological polar surface area (TPSA) is 88.6 Å². The van der Waals surface area contributed by atoms with Gasteiger partial charge in [-0.15, -0.1) is 0 Å². The molecule has 7 nitrogen and oxygen atoms in total. The van der Waals surface area contributed by atoms with Gasteiger partial charge in [-0.2, -0.15) is 4.31 Å². The Labute approximate surface area is 259 Å². The van der Waals surface area contributed by atoms with Crippen LogP contribution in [0.3, 0.4) is 0 Å². The van der Waals surface area contributed by atoms with Crippen molar-refractivity contribution < 1.29 is 17.9 Å². The molecule has 4 aromatic carbocycles. The molecule has 1 N–H and O–H groups in total. The van der Waals surface area contributed by atoms with Crippen LogP contribution in [0.5, 0.6) is 0 Å². The van der Waals surface area contributed by atoms with Gasteiger partial charge < -0.3 is 4.74 Å². The first kappa shape index (κ1) is 30.7. The second-order valence-electron chi connectivity index (χ2n) is 11.4. The van der Waals surface area contributed by atoms with Crippen molar-refractivity contribution in [2.45, 2.75) is 44.4 Å². The molecule has 0 unspecified atom stereocenters. The number of anilines is 1. The second-order valence-corrected chi connectivity index (χ2v) is 13.4. The Morgan fingerprint density at radius 2 is 1.25 bits per heavy atom. The van der Waals surface area contributed by atoms with Gasteiger partial charge >= 0.3 is 6.09 Å². The third kappa shape index (κ3) is 7.98. The number of hydrogen-bond donors (Lipinski definition) is 1. The predicted octanol–water partition coefficient (Wildman–Crippen LogP) is 8.15. The van der Waals surface area contributed by atoms with Crippen molar-refractivity contribution in [2.24, 2.45) is 0 Å². The monoisotopic (exact) mass is 605 g/mol. The molecule has 0 atom stereocenters. The lowest BCUT2D eigenvalue weighted by molar-refractivity contribution is 0.0636. The van der Waals surface area contributed by atoms with E-state index in [-0.39, 0.29) is 18.0 Å². The largest absolute Gasteiger partial charge is 0.444 e. The molecular formula is C36H35N3O4S. The van der Waals surface area contributed by atoms with Gasteiger partial charge in [0.25, 0.3) is 0 Å². The number of hydrogen-bond acceptors (Lipinski definition) is 5. The smallest absolute Gasteiger partial charge is 0.412 e. The number of carbonyl (C=O) groups is 1. The highest BCUT2D eigenvalue weighted by atomic mass is 32.2. The summed E-state index contributed by atoms with van der Waals surface area (Å²) in [5, 5.41) is 2.74. The third-order valence-electron chi connectivity index (χ3n) is 6.86. The molecule has 5 rings (SSSR count). The average molecular weight is 606 g/mol. The Balaban J connectivity index is 1.33. The minimum atomic E-state index is -3.82. The molecule has 0 aliphatic carbocycles. The van der Waals surface area contributed by atoms with Crippen LogP contribution in [-0.2, 0) is 27.8 Å². The quantitative estimate of drug-likeness (QED) is 0.183. The fourth-order valence-corrected chi connectivity index (χ4v) is 6.11. The van der Waals surface area contributed by atoms with E-state index in [1.807, 2.05) is 118 Å². The first-order chi connectivity index (χ1) is 21.1. The van der Waals surface area contributed by atoms with Gasteiger partial charge in [0.15, 0.2) is 0 Å². The van der Waals surface area contributed by atoms with Crippen LogP contribution in [0, 0.1) is 0 Å². The summed E-state index contributed by atoms with van der Waals surface area (Å²) in [6.45, 7) is 5.82. The summed E-state index contributed by atoms with van der Waals surface area (Å²) in [5.74, 6) is 0. The summed E-state index contributed by atoms with van der Waals surface area (Å²) in [6, 6.07) is 35.8. The van der Waals surface area contributed by atoms with E-state index in [2.05, 4.69) is 10.3 Å². The molecule has 1 amide bonds. The summed E-state index contributed by atoms with van der Waals surface area (Å²) in [7, 11) is -3.82. The van der Waals surface area contributed by atoms with E-state index >= 15 is 0 Å². The fraction of sp³-hybridized carbons (Fsp3) is 0.167. The van der Waals surface area contributed by atoms with Crippen LogP contribution in [-0.4, -0.2) is 29.4 Å². The maximum absolute atomic E-state index is 13.9. The summed E-state index contributed by atoms with van der Waals surface area (Å²) < 4.78 is 34.7. The van der Waals surface area contributed by atoms with E-state index < -0.39 is 21.7 Å². The van der Waals surface area contributed by atoms with Crippen molar-refractivity contribution >= 4 is 21.8 Å². The number of ether oxygens (including phenoxy) is 1. The van der Waals surface area contributed by atoms with Crippen LogP contribution in [0.25, 0.3) is 22.3 Å². The molecule has 0 aliphatic heterocycles. The molecular weight excluding hydrogens is 570 g/mol. The number of nitrogens with one attached hydrogen (secondary N) is 1. The van der Waals surface area contributed by atoms with Gasteiger partial charge in [-0.3, -0.25) is 10.3 Å². The summed E-state index contributed by atoms with van der Waals surface area (Å²) >= 11 is 0. The van der Waals surface area contributed by atoms with Crippen molar-refractivity contribution in [1.82, 2.24) is 9.29 Å². The number of aromatic nitrogens is 1. The first-order valence-corrected chi connectivity index (χ1v) is 15.7. The van der Waals surface area contributed by atoms with Gasteiger partial charge in [0.1, 0.15) is 5.60 Å². The van der Waals surface area contributed by atoms with Gasteiger partial charge in [-0.1, -0.05) is 84.9 Å². The molecule has 224 valence electrons. The highest BCUT2D eigenvalue weighted by Crippen LogP contribution is 2.27. The fourth-order valence-electron chi connectivity index (χ4n) is 4.69. The number of benzene rings is 4.